The minimum atomic E-state index is -4.79. The molecule has 0 heterocycles. The quantitative estimate of drug-likeness (QED) is 0.405. The molecule has 1 saturated carbocycles. The topological polar surface area (TPSA) is 66.4 Å². The van der Waals surface area contributed by atoms with Gasteiger partial charge in [-0.1, -0.05) is 28.4 Å². The molecule has 1 amide bonds. The first-order valence-electron chi connectivity index (χ1n) is 9.97. The number of hydrogen-bond donors (Lipinski definition) is 2. The summed E-state index contributed by atoms with van der Waals surface area (Å²) < 4.78 is 91.4. The predicted octanol–water partition coefficient (Wildman–Crippen LogP) is 6.85. The van der Waals surface area contributed by atoms with Crippen LogP contribution in [0.2, 0.25) is 0 Å². The Balaban J connectivity index is 1.88. The van der Waals surface area contributed by atoms with Crippen molar-refractivity contribution < 1.29 is 45.4 Å². The van der Waals surface area contributed by atoms with Crippen molar-refractivity contribution in [1.82, 2.24) is 0 Å². The second-order valence-electron chi connectivity index (χ2n) is 7.92. The molecule has 184 valence electrons. The fourth-order valence-corrected chi connectivity index (χ4v) is 4.88. The lowest BCUT2D eigenvalue weighted by Crippen LogP contribution is -2.40. The number of rotatable bonds is 4. The summed E-state index contributed by atoms with van der Waals surface area (Å²) in [6.45, 7) is 0. The number of carbonyl (C=O) groups is 2. The van der Waals surface area contributed by atoms with E-state index in [4.69, 9.17) is 0 Å². The van der Waals surface area contributed by atoms with Gasteiger partial charge in [-0.05, 0) is 54.7 Å². The van der Waals surface area contributed by atoms with Gasteiger partial charge in [-0.25, -0.2) is 4.39 Å². The summed E-state index contributed by atoms with van der Waals surface area (Å²) in [5.41, 5.74) is -2.45. The van der Waals surface area contributed by atoms with Crippen molar-refractivity contribution in [1.29, 1.82) is 0 Å². The van der Waals surface area contributed by atoms with Crippen molar-refractivity contribution in [2.75, 3.05) is 5.32 Å². The predicted molar refractivity (Wildman–Crippen MR) is 110 cm³/mol. The smallest absolute Gasteiger partial charge is 0.416 e. The van der Waals surface area contributed by atoms with Gasteiger partial charge >= 0.3 is 18.3 Å². The highest BCUT2D eigenvalue weighted by atomic mass is 79.9. The molecule has 2 aromatic rings. The van der Waals surface area contributed by atoms with Gasteiger partial charge in [-0.15, -0.1) is 0 Å². The van der Waals surface area contributed by atoms with Crippen LogP contribution in [0.5, 0.6) is 0 Å². The number of benzene rings is 2. The van der Waals surface area contributed by atoms with Crippen LogP contribution in [0, 0.1) is 17.7 Å². The molecule has 1 fully saturated rings. The maximum absolute atomic E-state index is 14.2. The average Bonchev–Trinajstić information content (AvgIpc) is 2.73. The molecule has 4 nitrogen and oxygen atoms in total. The van der Waals surface area contributed by atoms with Crippen molar-refractivity contribution in [3.05, 3.63) is 63.4 Å². The Morgan fingerprint density at radius 2 is 1.53 bits per heavy atom. The van der Waals surface area contributed by atoms with Gasteiger partial charge in [0.25, 0.3) is 0 Å². The third-order valence-electron chi connectivity index (χ3n) is 5.80. The fourth-order valence-electron chi connectivity index (χ4n) is 4.21. The molecule has 0 unspecified atom stereocenters. The third-order valence-corrected chi connectivity index (χ3v) is 6.49. The number of aliphatic carboxylic acids is 1. The van der Waals surface area contributed by atoms with Crippen LogP contribution in [-0.2, 0) is 21.9 Å². The summed E-state index contributed by atoms with van der Waals surface area (Å²) in [6.07, 6.45) is -8.66. The van der Waals surface area contributed by atoms with E-state index >= 15 is 0 Å². The van der Waals surface area contributed by atoms with Gasteiger partial charge < -0.3 is 10.4 Å². The van der Waals surface area contributed by atoms with Gasteiger partial charge in [-0.3, -0.25) is 9.59 Å². The molecule has 12 heteroatoms. The Bertz CT molecular complexity index is 1100. The van der Waals surface area contributed by atoms with E-state index in [0.717, 1.165) is 24.3 Å². The Labute approximate surface area is 197 Å². The number of amides is 1. The summed E-state index contributed by atoms with van der Waals surface area (Å²) in [7, 11) is 0. The van der Waals surface area contributed by atoms with Crippen molar-refractivity contribution in [2.45, 2.75) is 37.5 Å². The maximum atomic E-state index is 14.2. The highest BCUT2D eigenvalue weighted by Gasteiger charge is 2.44. The number of alkyl halides is 6. The van der Waals surface area contributed by atoms with E-state index in [1.165, 1.54) is 0 Å². The summed E-state index contributed by atoms with van der Waals surface area (Å²) in [6, 6.07) is 4.33. The van der Waals surface area contributed by atoms with E-state index in [2.05, 4.69) is 21.2 Å². The van der Waals surface area contributed by atoms with Crippen molar-refractivity contribution in [3.8, 4) is 0 Å². The summed E-state index contributed by atoms with van der Waals surface area (Å²) >= 11 is 3.06. The molecule has 1 aliphatic carbocycles. The van der Waals surface area contributed by atoms with Gasteiger partial charge in [0.05, 0.1) is 28.7 Å². The molecular weight excluding hydrogens is 539 g/mol. The number of carbonyl (C=O) groups excluding carboxylic acids is 1. The normalized spacial score (nSPS) is 21.2. The van der Waals surface area contributed by atoms with Crippen LogP contribution in [0.15, 0.2) is 40.9 Å². The number of nitrogens with one attached hydrogen (secondary N) is 1. The first-order chi connectivity index (χ1) is 15.7. The molecule has 0 aromatic heterocycles. The monoisotopic (exact) mass is 555 g/mol. The second-order valence-corrected chi connectivity index (χ2v) is 8.78. The standard InChI is InChI=1S/C22H17BrF7NO3/c23-15-8-10(21(25,26)27)4-6-12(15)13-2-1-3-14(18(13)20(33)34)19(32)31-17-7-5-11(9-16(17)24)22(28,29)30/h4-9,13-14,18H,1-3H2,(H,31,32)(H,33,34)/t13-,14-,18-/m1/s1. The molecule has 0 bridgehead atoms. The number of carboxylic acids is 1. The lowest BCUT2D eigenvalue weighted by molar-refractivity contribution is -0.149. The largest absolute Gasteiger partial charge is 0.481 e. The molecule has 2 N–H and O–H groups in total. The maximum Gasteiger partial charge on any atom is 0.416 e. The minimum absolute atomic E-state index is 0.0356. The Kier molecular flexibility index (Phi) is 7.30. The van der Waals surface area contributed by atoms with Gasteiger partial charge in [0.1, 0.15) is 5.82 Å². The van der Waals surface area contributed by atoms with Gasteiger partial charge in [0.15, 0.2) is 0 Å². The molecule has 2 aromatic carbocycles. The van der Waals surface area contributed by atoms with Gasteiger partial charge in [0.2, 0.25) is 5.91 Å². The highest BCUT2D eigenvalue weighted by Crippen LogP contribution is 2.45. The van der Waals surface area contributed by atoms with Gasteiger partial charge in [0, 0.05) is 4.47 Å². The molecule has 0 radical (unpaired) electrons. The molecule has 34 heavy (non-hydrogen) atoms. The molecule has 3 atom stereocenters. The summed E-state index contributed by atoms with van der Waals surface area (Å²) in [5, 5.41) is 12.0. The molecular formula is C22H17BrF7NO3. The number of halogens is 8. The number of carboxylic acid groups (broad SMARTS) is 1. The van der Waals surface area contributed by atoms with Crippen LogP contribution in [-0.4, -0.2) is 17.0 Å². The fraction of sp³-hybridized carbons (Fsp3) is 0.364. The molecule has 0 spiro atoms. The van der Waals surface area contributed by atoms with Gasteiger partial charge in [-0.2, -0.15) is 26.3 Å². The molecule has 1 aliphatic rings. The van der Waals surface area contributed by atoms with Crippen molar-refractivity contribution >= 4 is 33.5 Å². The Morgan fingerprint density at radius 3 is 2.06 bits per heavy atom. The minimum Gasteiger partial charge on any atom is -0.481 e. The van der Waals surface area contributed by atoms with Crippen molar-refractivity contribution in [3.63, 3.8) is 0 Å². The van der Waals surface area contributed by atoms with E-state index in [1.807, 2.05) is 0 Å². The SMILES string of the molecule is O=C(O)[C@@H]1[C@@H](c2ccc(C(F)(F)F)cc2Br)CCC[C@H]1C(=O)Nc1ccc(C(F)(F)F)cc1F. The van der Waals surface area contributed by atoms with E-state index in [-0.39, 0.29) is 28.9 Å². The van der Waals surface area contributed by atoms with Crippen LogP contribution in [0.25, 0.3) is 0 Å². The first-order valence-corrected chi connectivity index (χ1v) is 10.8. The van der Waals surface area contributed by atoms with Crippen LogP contribution < -0.4 is 5.32 Å². The van der Waals surface area contributed by atoms with Crippen LogP contribution in [0.4, 0.5) is 36.4 Å². The average molecular weight is 556 g/mol. The van der Waals surface area contributed by atoms with Crippen LogP contribution >= 0.6 is 15.9 Å². The first kappa shape index (κ1) is 26.0. The zero-order valence-corrected chi connectivity index (χ0v) is 18.7. The van der Waals surface area contributed by atoms with Crippen LogP contribution in [0.3, 0.4) is 0 Å². The Hall–Kier alpha value is -2.63. The highest BCUT2D eigenvalue weighted by molar-refractivity contribution is 9.10. The summed E-state index contributed by atoms with van der Waals surface area (Å²) in [4.78, 5) is 24.9. The lowest BCUT2D eigenvalue weighted by atomic mass is 9.69. The van der Waals surface area contributed by atoms with Crippen molar-refractivity contribution in [2.24, 2.45) is 11.8 Å². The van der Waals surface area contributed by atoms with E-state index in [1.54, 1.807) is 0 Å². The molecule has 0 saturated heterocycles. The third kappa shape index (κ3) is 5.53. The number of anilines is 1. The van der Waals surface area contributed by atoms with E-state index < -0.39 is 64.6 Å². The van der Waals surface area contributed by atoms with Crippen LogP contribution in [0.1, 0.15) is 41.9 Å². The Morgan fingerprint density at radius 1 is 0.941 bits per heavy atom. The number of hydrogen-bond acceptors (Lipinski definition) is 2. The van der Waals surface area contributed by atoms with E-state index in [9.17, 15) is 45.4 Å². The zero-order valence-electron chi connectivity index (χ0n) is 17.1. The zero-order chi connectivity index (χ0) is 25.4. The lowest BCUT2D eigenvalue weighted by Gasteiger charge is -2.35. The molecule has 3 rings (SSSR count). The summed E-state index contributed by atoms with van der Waals surface area (Å²) in [5.74, 6) is -6.97. The van der Waals surface area contributed by atoms with E-state index in [0.29, 0.717) is 12.5 Å². The second kappa shape index (κ2) is 9.55. The molecule has 0 aliphatic heterocycles.